The van der Waals surface area contributed by atoms with E-state index in [9.17, 15) is 14.3 Å². The summed E-state index contributed by atoms with van der Waals surface area (Å²) < 4.78 is 22.7. The summed E-state index contributed by atoms with van der Waals surface area (Å²) in [5, 5.41) is 0. The van der Waals surface area contributed by atoms with Crippen LogP contribution in [0.25, 0.3) is 0 Å². The van der Waals surface area contributed by atoms with Crippen LogP contribution in [0.2, 0.25) is 0 Å². The number of hydrogen-bond acceptors (Lipinski definition) is 5. The second kappa shape index (κ2) is 23.6. The number of phosphoric ester groups is 1. The second-order valence-electron chi connectivity index (χ2n) is 11.4. The zero-order valence-electron chi connectivity index (χ0n) is 24.4. The lowest BCUT2D eigenvalue weighted by molar-refractivity contribution is -0.118. The first-order valence-electron chi connectivity index (χ1n) is 15.8. The lowest BCUT2D eigenvalue weighted by Crippen LogP contribution is -2.21. The summed E-state index contributed by atoms with van der Waals surface area (Å²) in [5.74, 6) is 0.0854. The highest BCUT2D eigenvalue weighted by atomic mass is 31.2. The van der Waals surface area contributed by atoms with Crippen molar-refractivity contribution in [2.45, 2.75) is 149 Å². The number of nitrogens with zero attached hydrogens (tertiary/aromatic N) is 1. The molecule has 1 N–H and O–H groups in total. The highest BCUT2D eigenvalue weighted by Crippen LogP contribution is 2.44. The molecule has 1 rings (SSSR count). The molecule has 0 aromatic rings. The predicted octanol–water partition coefficient (Wildman–Crippen LogP) is 8.85. The minimum Gasteiger partial charge on any atom is -0.303 e. The summed E-state index contributed by atoms with van der Waals surface area (Å²) in [6.45, 7) is 7.30. The van der Waals surface area contributed by atoms with E-state index in [1.54, 1.807) is 6.92 Å². The number of carbonyl (C=O) groups excluding carboxylic acids is 1. The number of unbranched alkanes of at least 4 members (excludes halogenated alkanes) is 15. The highest BCUT2D eigenvalue weighted by molar-refractivity contribution is 7.47. The number of phosphoric acid groups is 1. The maximum absolute atomic E-state index is 12.2. The Balaban J connectivity index is 2.00. The van der Waals surface area contributed by atoms with Crippen LogP contribution in [-0.4, -0.2) is 48.4 Å². The molecule has 1 heterocycles. The van der Waals surface area contributed by atoms with Crippen molar-refractivity contribution in [2.75, 3.05) is 32.8 Å². The van der Waals surface area contributed by atoms with Gasteiger partial charge in [-0.05, 0) is 51.6 Å². The number of carbonyl (C=O) groups is 1. The molecule has 37 heavy (non-hydrogen) atoms. The van der Waals surface area contributed by atoms with Crippen molar-refractivity contribution in [3.63, 3.8) is 0 Å². The molecular weight excluding hydrogens is 485 g/mol. The first kappa shape index (κ1) is 34.8. The smallest absolute Gasteiger partial charge is 0.303 e. The number of rotatable bonds is 27. The third-order valence-electron chi connectivity index (χ3n) is 7.59. The van der Waals surface area contributed by atoms with Gasteiger partial charge in [0.2, 0.25) is 0 Å². The fraction of sp³-hybridized carbons (Fsp3) is 0.967. The van der Waals surface area contributed by atoms with Gasteiger partial charge in [-0.3, -0.25) is 9.05 Å². The van der Waals surface area contributed by atoms with E-state index in [1.807, 2.05) is 0 Å². The van der Waals surface area contributed by atoms with E-state index < -0.39 is 7.82 Å². The molecule has 1 aliphatic heterocycles. The van der Waals surface area contributed by atoms with Crippen molar-refractivity contribution < 1.29 is 23.3 Å². The van der Waals surface area contributed by atoms with Gasteiger partial charge in [-0.15, -0.1) is 0 Å². The molecule has 0 aliphatic carbocycles. The van der Waals surface area contributed by atoms with Gasteiger partial charge in [0.05, 0.1) is 13.2 Å². The minimum absolute atomic E-state index is 0.0159. The molecule has 1 saturated heterocycles. The summed E-state index contributed by atoms with van der Waals surface area (Å²) in [5.41, 5.74) is 0. The Morgan fingerprint density at radius 2 is 1.27 bits per heavy atom. The van der Waals surface area contributed by atoms with Crippen molar-refractivity contribution in [3.8, 4) is 0 Å². The highest BCUT2D eigenvalue weighted by Gasteiger charge is 2.24. The number of ketones is 1. The molecule has 1 aliphatic rings. The van der Waals surface area contributed by atoms with E-state index in [-0.39, 0.29) is 24.9 Å². The SMILES string of the molecule is CCCCCCCCCCCCCCCCCCC(COP(=O)(O)OCCCN1CCCC1)CC(C)=O. The van der Waals surface area contributed by atoms with Crippen LogP contribution in [0.1, 0.15) is 149 Å². The van der Waals surface area contributed by atoms with Crippen molar-refractivity contribution in [1.82, 2.24) is 4.90 Å². The molecule has 6 nitrogen and oxygen atoms in total. The third kappa shape index (κ3) is 22.3. The molecule has 0 bridgehead atoms. The fourth-order valence-electron chi connectivity index (χ4n) is 5.34. The van der Waals surface area contributed by atoms with Crippen LogP contribution in [0.5, 0.6) is 0 Å². The van der Waals surface area contributed by atoms with Crippen LogP contribution < -0.4 is 0 Å². The molecule has 0 aromatic carbocycles. The predicted molar refractivity (Wildman–Crippen MR) is 155 cm³/mol. The van der Waals surface area contributed by atoms with E-state index >= 15 is 0 Å². The van der Waals surface area contributed by atoms with Gasteiger partial charge in [-0.1, -0.05) is 110 Å². The molecule has 0 radical (unpaired) electrons. The van der Waals surface area contributed by atoms with Crippen molar-refractivity contribution in [2.24, 2.45) is 5.92 Å². The third-order valence-corrected chi connectivity index (χ3v) is 8.57. The summed E-state index contributed by atoms with van der Waals surface area (Å²) >= 11 is 0. The van der Waals surface area contributed by atoms with Gasteiger partial charge < -0.3 is 14.6 Å². The maximum atomic E-state index is 12.2. The molecule has 7 heteroatoms. The van der Waals surface area contributed by atoms with E-state index in [1.165, 1.54) is 103 Å². The minimum atomic E-state index is -4.06. The molecule has 220 valence electrons. The van der Waals surface area contributed by atoms with Gasteiger partial charge in [0.15, 0.2) is 0 Å². The zero-order valence-corrected chi connectivity index (χ0v) is 25.3. The summed E-state index contributed by atoms with van der Waals surface area (Å²) in [4.78, 5) is 24.0. The summed E-state index contributed by atoms with van der Waals surface area (Å²) in [6.07, 6.45) is 25.8. The zero-order chi connectivity index (χ0) is 27.0. The molecule has 0 saturated carbocycles. The van der Waals surface area contributed by atoms with Crippen LogP contribution in [-0.2, 0) is 18.4 Å². The van der Waals surface area contributed by atoms with Crippen molar-refractivity contribution >= 4 is 13.6 Å². The molecule has 1 fully saturated rings. The molecular formula is C30H60NO5P. The van der Waals surface area contributed by atoms with Crippen LogP contribution in [0.4, 0.5) is 0 Å². The lowest BCUT2D eigenvalue weighted by atomic mass is 9.96. The van der Waals surface area contributed by atoms with Crippen molar-refractivity contribution in [3.05, 3.63) is 0 Å². The first-order chi connectivity index (χ1) is 17.9. The van der Waals surface area contributed by atoms with E-state index in [0.29, 0.717) is 6.42 Å². The maximum Gasteiger partial charge on any atom is 0.472 e. The largest absolute Gasteiger partial charge is 0.472 e. The van der Waals surface area contributed by atoms with Crippen LogP contribution in [0, 0.1) is 5.92 Å². The molecule has 0 spiro atoms. The van der Waals surface area contributed by atoms with Crippen LogP contribution in [0.3, 0.4) is 0 Å². The van der Waals surface area contributed by atoms with E-state index in [0.717, 1.165) is 45.3 Å². The lowest BCUT2D eigenvalue weighted by Gasteiger charge is -2.19. The molecule has 0 aromatic heterocycles. The summed E-state index contributed by atoms with van der Waals surface area (Å²) in [7, 11) is -4.06. The molecule has 2 unspecified atom stereocenters. The molecule has 0 amide bonds. The van der Waals surface area contributed by atoms with E-state index in [4.69, 9.17) is 9.05 Å². The second-order valence-corrected chi connectivity index (χ2v) is 12.8. The Bertz CT molecular complexity index is 582. The van der Waals surface area contributed by atoms with Gasteiger partial charge in [0.1, 0.15) is 5.78 Å². The van der Waals surface area contributed by atoms with Crippen LogP contribution in [0.15, 0.2) is 0 Å². The van der Waals surface area contributed by atoms with Gasteiger partial charge in [0.25, 0.3) is 0 Å². The quantitative estimate of drug-likeness (QED) is 0.0820. The first-order valence-corrected chi connectivity index (χ1v) is 17.3. The molecule has 2 atom stereocenters. The van der Waals surface area contributed by atoms with E-state index in [2.05, 4.69) is 11.8 Å². The van der Waals surface area contributed by atoms with Gasteiger partial charge in [-0.25, -0.2) is 4.57 Å². The Morgan fingerprint density at radius 3 is 1.76 bits per heavy atom. The van der Waals surface area contributed by atoms with Gasteiger partial charge in [-0.2, -0.15) is 0 Å². The van der Waals surface area contributed by atoms with Crippen molar-refractivity contribution in [1.29, 1.82) is 0 Å². The van der Waals surface area contributed by atoms with Gasteiger partial charge >= 0.3 is 7.82 Å². The number of Topliss-reactive ketones (excluding diaryl/α,β-unsaturated/α-hetero) is 1. The Hall–Kier alpha value is -0.260. The Kier molecular flexibility index (Phi) is 22.2. The number of likely N-dealkylation sites (tertiary alicyclic amines) is 1. The topological polar surface area (TPSA) is 76.1 Å². The Morgan fingerprint density at radius 1 is 0.784 bits per heavy atom. The van der Waals surface area contributed by atoms with Crippen LogP contribution >= 0.6 is 7.82 Å². The number of hydrogen-bond donors (Lipinski definition) is 1. The average molecular weight is 546 g/mol. The monoisotopic (exact) mass is 545 g/mol. The summed E-state index contributed by atoms with van der Waals surface area (Å²) in [6, 6.07) is 0. The average Bonchev–Trinajstić information content (AvgIpc) is 3.38. The van der Waals surface area contributed by atoms with Gasteiger partial charge in [0, 0.05) is 13.0 Å². The standard InChI is InChI=1S/C30H60NO5P/c1-3-4-5-6-7-8-9-10-11-12-13-14-15-16-17-18-22-30(27-29(2)32)28-36-37(33,34)35-26-21-25-31-23-19-20-24-31/h30H,3-28H2,1-2H3,(H,33,34). The Labute approximate surface area is 229 Å². The normalized spacial score (nSPS) is 16.7. The fourth-order valence-corrected chi connectivity index (χ4v) is 6.18.